The van der Waals surface area contributed by atoms with Crippen LogP contribution < -0.4 is 0 Å². The molecule has 0 saturated heterocycles. The number of carbonyl (C=O) groups is 1. The minimum absolute atomic E-state index is 0.248. The zero-order valence-corrected chi connectivity index (χ0v) is 8.34. The zero-order chi connectivity index (χ0) is 9.56. The molecular weight excluding hydrogens is 152 g/mol. The fourth-order valence-corrected chi connectivity index (χ4v) is 1.04. The molecule has 0 aromatic rings. The van der Waals surface area contributed by atoms with Gasteiger partial charge in [0.25, 0.3) is 0 Å². The molecular formula is C10H20O2. The summed E-state index contributed by atoms with van der Waals surface area (Å²) in [4.78, 5) is 10.9. The van der Waals surface area contributed by atoms with Crippen molar-refractivity contribution >= 4 is 5.78 Å². The largest absolute Gasteiger partial charge is 0.393 e. The van der Waals surface area contributed by atoms with Crippen molar-refractivity contribution in [2.75, 3.05) is 0 Å². The monoisotopic (exact) mass is 172 g/mol. The van der Waals surface area contributed by atoms with Crippen LogP contribution in [0.5, 0.6) is 0 Å². The Morgan fingerprint density at radius 2 is 2.00 bits per heavy atom. The molecule has 0 aliphatic rings. The lowest BCUT2D eigenvalue weighted by molar-refractivity contribution is -0.118. The number of ketones is 1. The Morgan fingerprint density at radius 3 is 2.42 bits per heavy atom. The number of aliphatic hydroxyl groups is 1. The predicted octanol–water partition coefficient (Wildman–Crippen LogP) is 2.15. The molecule has 0 unspecified atom stereocenters. The van der Waals surface area contributed by atoms with E-state index in [0.717, 1.165) is 12.8 Å². The van der Waals surface area contributed by atoms with Crippen LogP contribution in [0.1, 0.15) is 46.5 Å². The summed E-state index contributed by atoms with van der Waals surface area (Å²) < 4.78 is 0. The predicted molar refractivity (Wildman–Crippen MR) is 50.0 cm³/mol. The van der Waals surface area contributed by atoms with Gasteiger partial charge in [-0.2, -0.15) is 0 Å². The van der Waals surface area contributed by atoms with E-state index in [-0.39, 0.29) is 6.10 Å². The van der Waals surface area contributed by atoms with Crippen LogP contribution >= 0.6 is 0 Å². The minimum Gasteiger partial charge on any atom is -0.393 e. The molecule has 0 heterocycles. The van der Waals surface area contributed by atoms with Gasteiger partial charge < -0.3 is 5.11 Å². The number of Topliss-reactive ketones (excluding diaryl/α,β-unsaturated/α-hetero) is 1. The highest BCUT2D eigenvalue weighted by Gasteiger charge is 2.08. The molecule has 0 fully saturated rings. The van der Waals surface area contributed by atoms with Gasteiger partial charge in [0, 0.05) is 12.8 Å². The molecule has 0 aromatic carbocycles. The van der Waals surface area contributed by atoms with Gasteiger partial charge in [-0.05, 0) is 25.7 Å². The van der Waals surface area contributed by atoms with E-state index in [1.807, 2.05) is 13.8 Å². The van der Waals surface area contributed by atoms with Crippen molar-refractivity contribution in [1.29, 1.82) is 0 Å². The summed E-state index contributed by atoms with van der Waals surface area (Å²) in [5.74, 6) is 0.641. The van der Waals surface area contributed by atoms with Gasteiger partial charge in [-0.3, -0.25) is 4.79 Å². The lowest BCUT2D eigenvalue weighted by Gasteiger charge is -2.13. The van der Waals surface area contributed by atoms with Crippen molar-refractivity contribution in [2.45, 2.75) is 52.6 Å². The Bertz CT molecular complexity index is 130. The second-order valence-corrected chi connectivity index (χ2v) is 3.50. The normalized spacial score (nSPS) is 15.7. The SMILES string of the molecule is CCC(=O)CCC[C@@H](C)[C@H](C)O. The third-order valence-corrected chi connectivity index (χ3v) is 2.33. The number of rotatable bonds is 6. The maximum absolute atomic E-state index is 10.9. The van der Waals surface area contributed by atoms with Gasteiger partial charge in [0.05, 0.1) is 6.10 Å². The molecule has 2 nitrogen and oxygen atoms in total. The number of aliphatic hydroxyl groups excluding tert-OH is 1. The molecule has 0 aromatic heterocycles. The van der Waals surface area contributed by atoms with E-state index < -0.39 is 0 Å². The quantitative estimate of drug-likeness (QED) is 0.666. The van der Waals surface area contributed by atoms with E-state index in [4.69, 9.17) is 5.11 Å². The molecule has 0 aliphatic carbocycles. The maximum atomic E-state index is 10.9. The van der Waals surface area contributed by atoms with E-state index in [1.54, 1.807) is 6.92 Å². The topological polar surface area (TPSA) is 37.3 Å². The highest BCUT2D eigenvalue weighted by atomic mass is 16.3. The van der Waals surface area contributed by atoms with Crippen molar-refractivity contribution in [3.8, 4) is 0 Å². The zero-order valence-electron chi connectivity index (χ0n) is 8.34. The van der Waals surface area contributed by atoms with Crippen LogP contribution in [0.4, 0.5) is 0 Å². The Hall–Kier alpha value is -0.370. The Labute approximate surface area is 75.0 Å². The summed E-state index contributed by atoms with van der Waals surface area (Å²) in [6.45, 7) is 5.70. The van der Waals surface area contributed by atoms with Crippen molar-refractivity contribution in [1.82, 2.24) is 0 Å². The van der Waals surface area contributed by atoms with Gasteiger partial charge >= 0.3 is 0 Å². The molecule has 72 valence electrons. The van der Waals surface area contributed by atoms with E-state index in [2.05, 4.69) is 0 Å². The number of hydrogen-bond donors (Lipinski definition) is 1. The summed E-state index contributed by atoms with van der Waals surface area (Å²) in [5.41, 5.74) is 0. The van der Waals surface area contributed by atoms with Gasteiger partial charge in [-0.25, -0.2) is 0 Å². The molecule has 0 spiro atoms. The van der Waals surface area contributed by atoms with Gasteiger partial charge in [0.1, 0.15) is 5.78 Å². The van der Waals surface area contributed by atoms with Crippen LogP contribution in [0.25, 0.3) is 0 Å². The molecule has 0 aliphatic heterocycles. The summed E-state index contributed by atoms with van der Waals surface area (Å²) in [7, 11) is 0. The maximum Gasteiger partial charge on any atom is 0.132 e. The van der Waals surface area contributed by atoms with Gasteiger partial charge in [-0.15, -0.1) is 0 Å². The molecule has 0 bridgehead atoms. The lowest BCUT2D eigenvalue weighted by atomic mass is 9.98. The summed E-state index contributed by atoms with van der Waals surface area (Å²) in [6, 6.07) is 0. The Balaban J connectivity index is 3.37. The van der Waals surface area contributed by atoms with Crippen molar-refractivity contribution in [3.63, 3.8) is 0 Å². The van der Waals surface area contributed by atoms with Crippen LogP contribution in [-0.4, -0.2) is 17.0 Å². The highest BCUT2D eigenvalue weighted by molar-refractivity contribution is 5.77. The molecule has 2 atom stereocenters. The van der Waals surface area contributed by atoms with Crippen LogP contribution in [0.2, 0.25) is 0 Å². The summed E-state index contributed by atoms with van der Waals surface area (Å²) >= 11 is 0. The highest BCUT2D eigenvalue weighted by Crippen LogP contribution is 2.12. The third kappa shape index (κ3) is 5.30. The van der Waals surface area contributed by atoms with Gasteiger partial charge in [-0.1, -0.05) is 13.8 Å². The summed E-state index contributed by atoms with van der Waals surface area (Å²) in [5, 5.41) is 9.16. The average molecular weight is 172 g/mol. The first-order valence-electron chi connectivity index (χ1n) is 4.77. The second kappa shape index (κ2) is 6.18. The Morgan fingerprint density at radius 1 is 1.42 bits per heavy atom. The van der Waals surface area contributed by atoms with E-state index >= 15 is 0 Å². The standard InChI is InChI=1S/C10H20O2/c1-4-10(12)7-5-6-8(2)9(3)11/h8-9,11H,4-7H2,1-3H3/t8-,9+/m1/s1. The molecule has 1 N–H and O–H groups in total. The van der Waals surface area contributed by atoms with Gasteiger partial charge in [0.2, 0.25) is 0 Å². The molecule has 0 amide bonds. The van der Waals surface area contributed by atoms with Crippen molar-refractivity contribution in [2.24, 2.45) is 5.92 Å². The van der Waals surface area contributed by atoms with E-state index in [1.165, 1.54) is 0 Å². The van der Waals surface area contributed by atoms with Crippen molar-refractivity contribution in [3.05, 3.63) is 0 Å². The second-order valence-electron chi connectivity index (χ2n) is 3.50. The van der Waals surface area contributed by atoms with Crippen LogP contribution in [0.15, 0.2) is 0 Å². The molecule has 12 heavy (non-hydrogen) atoms. The molecule has 0 radical (unpaired) electrons. The third-order valence-electron chi connectivity index (χ3n) is 2.33. The smallest absolute Gasteiger partial charge is 0.132 e. The van der Waals surface area contributed by atoms with E-state index in [0.29, 0.717) is 24.5 Å². The first kappa shape index (κ1) is 11.6. The fraction of sp³-hybridized carbons (Fsp3) is 0.900. The first-order chi connectivity index (χ1) is 5.57. The van der Waals surface area contributed by atoms with Crippen LogP contribution in [0.3, 0.4) is 0 Å². The lowest BCUT2D eigenvalue weighted by Crippen LogP contribution is -2.13. The van der Waals surface area contributed by atoms with Crippen LogP contribution in [-0.2, 0) is 4.79 Å². The average Bonchev–Trinajstić information content (AvgIpc) is 2.03. The van der Waals surface area contributed by atoms with Crippen molar-refractivity contribution < 1.29 is 9.90 Å². The summed E-state index contributed by atoms with van der Waals surface area (Å²) in [6.07, 6.45) is 2.93. The number of carbonyl (C=O) groups excluding carboxylic acids is 1. The number of hydrogen-bond acceptors (Lipinski definition) is 2. The minimum atomic E-state index is -0.248. The molecule has 0 saturated carbocycles. The van der Waals surface area contributed by atoms with Crippen LogP contribution in [0, 0.1) is 5.92 Å². The van der Waals surface area contributed by atoms with E-state index in [9.17, 15) is 4.79 Å². The first-order valence-corrected chi connectivity index (χ1v) is 4.77. The Kier molecular flexibility index (Phi) is 5.99. The molecule has 0 rings (SSSR count). The van der Waals surface area contributed by atoms with Gasteiger partial charge in [0.15, 0.2) is 0 Å². The fourth-order valence-electron chi connectivity index (χ4n) is 1.04. The molecule has 2 heteroatoms.